The highest BCUT2D eigenvalue weighted by molar-refractivity contribution is 7.09. The van der Waals surface area contributed by atoms with Crippen LogP contribution in [0.1, 0.15) is 20.9 Å². The molecule has 4 heterocycles. The highest BCUT2D eigenvalue weighted by atomic mass is 32.1. The van der Waals surface area contributed by atoms with Gasteiger partial charge in [-0.05, 0) is 35.2 Å². The first kappa shape index (κ1) is 19.6. The number of thiophene rings is 1. The van der Waals surface area contributed by atoms with Crippen molar-refractivity contribution < 1.29 is 9.59 Å². The molecule has 0 radical (unpaired) electrons. The van der Waals surface area contributed by atoms with Gasteiger partial charge in [-0.15, -0.1) is 11.3 Å². The summed E-state index contributed by atoms with van der Waals surface area (Å²) in [7, 11) is 0. The average Bonchev–Trinajstić information content (AvgIpc) is 3.56. The molecule has 1 aromatic carbocycles. The van der Waals surface area contributed by atoms with Crippen molar-refractivity contribution in [3.8, 4) is 0 Å². The number of carbonyl (C=O) groups excluding carboxylic acids is 2. The van der Waals surface area contributed by atoms with Crippen LogP contribution in [0.5, 0.6) is 0 Å². The van der Waals surface area contributed by atoms with Crippen LogP contribution in [0.15, 0.2) is 66.3 Å². The number of nitrogens with zero attached hydrogens (tertiary/aromatic N) is 3. The van der Waals surface area contributed by atoms with Gasteiger partial charge in [-0.25, -0.2) is 0 Å². The zero-order valence-corrected chi connectivity index (χ0v) is 18.0. The van der Waals surface area contributed by atoms with Crippen LogP contribution in [-0.4, -0.2) is 57.3 Å². The van der Waals surface area contributed by atoms with Crippen molar-refractivity contribution in [3.63, 3.8) is 0 Å². The van der Waals surface area contributed by atoms with Gasteiger partial charge in [0.15, 0.2) is 0 Å². The monoisotopic (exact) mass is 432 g/mol. The van der Waals surface area contributed by atoms with Crippen molar-refractivity contribution in [3.05, 3.63) is 82.4 Å². The van der Waals surface area contributed by atoms with Crippen LogP contribution in [0.3, 0.4) is 0 Å². The van der Waals surface area contributed by atoms with Gasteiger partial charge in [0, 0.05) is 54.4 Å². The van der Waals surface area contributed by atoms with E-state index in [1.807, 2.05) is 74.6 Å². The van der Waals surface area contributed by atoms with Crippen LogP contribution in [-0.2, 0) is 17.8 Å². The average molecular weight is 433 g/mol. The second-order valence-electron chi connectivity index (χ2n) is 7.81. The second kappa shape index (κ2) is 8.43. The van der Waals surface area contributed by atoms with Crippen LogP contribution in [0.25, 0.3) is 10.9 Å². The lowest BCUT2D eigenvalue weighted by Crippen LogP contribution is -2.51. The molecule has 1 aliphatic rings. The van der Waals surface area contributed by atoms with Gasteiger partial charge in [0.05, 0.1) is 13.0 Å². The topological polar surface area (TPSA) is 61.3 Å². The number of amides is 2. The molecular weight excluding hydrogens is 408 g/mol. The summed E-state index contributed by atoms with van der Waals surface area (Å²) in [5, 5.41) is 3.14. The fourth-order valence-corrected chi connectivity index (χ4v) is 4.89. The molecular formula is C24H24N4O2S. The fraction of sp³-hybridized carbons (Fsp3) is 0.250. The summed E-state index contributed by atoms with van der Waals surface area (Å²) in [5.74, 6) is 0.142. The number of piperazine rings is 1. The maximum atomic E-state index is 13.1. The Bertz CT molecular complexity index is 1200. The number of hydrogen-bond donors (Lipinski definition) is 1. The maximum Gasteiger partial charge on any atom is 0.270 e. The Hall–Kier alpha value is -3.32. The minimum Gasteiger partial charge on any atom is -0.361 e. The van der Waals surface area contributed by atoms with E-state index in [2.05, 4.69) is 11.1 Å². The van der Waals surface area contributed by atoms with E-state index in [0.29, 0.717) is 44.8 Å². The number of rotatable bonds is 5. The van der Waals surface area contributed by atoms with E-state index in [1.54, 1.807) is 11.3 Å². The molecule has 0 saturated carbocycles. The molecule has 5 rings (SSSR count). The van der Waals surface area contributed by atoms with E-state index in [1.165, 1.54) is 4.88 Å². The molecule has 1 saturated heterocycles. The standard InChI is InChI=1S/C24H24N4O2S/c29-23(15-18-16-25-21-7-2-1-6-20(18)21)26-10-12-27(13-11-26)24(30)22-8-3-9-28(22)17-19-5-4-14-31-19/h1-9,14,16,25H,10-13,15,17H2. The molecule has 0 atom stereocenters. The van der Waals surface area contributed by atoms with Crippen molar-refractivity contribution in [2.45, 2.75) is 13.0 Å². The minimum atomic E-state index is 0.0327. The number of nitrogens with one attached hydrogen (secondary N) is 1. The molecule has 0 bridgehead atoms. The van der Waals surface area contributed by atoms with Crippen LogP contribution < -0.4 is 0 Å². The van der Waals surface area contributed by atoms with Gasteiger partial charge in [0.1, 0.15) is 5.69 Å². The van der Waals surface area contributed by atoms with Crippen molar-refractivity contribution in [1.29, 1.82) is 0 Å². The van der Waals surface area contributed by atoms with Crippen molar-refractivity contribution >= 4 is 34.1 Å². The molecule has 0 unspecified atom stereocenters. The number of para-hydroxylation sites is 1. The summed E-state index contributed by atoms with van der Waals surface area (Å²) < 4.78 is 2.00. The summed E-state index contributed by atoms with van der Waals surface area (Å²) in [6.45, 7) is 2.96. The summed E-state index contributed by atoms with van der Waals surface area (Å²) in [4.78, 5) is 34.1. The van der Waals surface area contributed by atoms with Crippen molar-refractivity contribution in [2.75, 3.05) is 26.2 Å². The molecule has 6 nitrogen and oxygen atoms in total. The van der Waals surface area contributed by atoms with E-state index < -0.39 is 0 Å². The van der Waals surface area contributed by atoms with Crippen LogP contribution >= 0.6 is 11.3 Å². The van der Waals surface area contributed by atoms with Gasteiger partial charge in [-0.3, -0.25) is 9.59 Å². The third-order valence-corrected chi connectivity index (χ3v) is 6.75. The van der Waals surface area contributed by atoms with Gasteiger partial charge < -0.3 is 19.4 Å². The molecule has 0 aliphatic carbocycles. The Morgan fingerprint density at radius 1 is 0.935 bits per heavy atom. The lowest BCUT2D eigenvalue weighted by atomic mass is 10.1. The number of aromatic nitrogens is 2. The predicted molar refractivity (Wildman–Crippen MR) is 122 cm³/mol. The van der Waals surface area contributed by atoms with E-state index in [-0.39, 0.29) is 11.8 Å². The number of aromatic amines is 1. The lowest BCUT2D eigenvalue weighted by molar-refractivity contribution is -0.131. The molecule has 2 amide bonds. The number of H-pyrrole nitrogens is 1. The maximum absolute atomic E-state index is 13.1. The number of hydrogen-bond acceptors (Lipinski definition) is 3. The molecule has 0 spiro atoms. The molecule has 7 heteroatoms. The Labute approximate surface area is 184 Å². The van der Waals surface area contributed by atoms with Gasteiger partial charge in [0.2, 0.25) is 5.91 Å². The van der Waals surface area contributed by atoms with Crippen LogP contribution in [0.4, 0.5) is 0 Å². The summed E-state index contributed by atoms with van der Waals surface area (Å²) >= 11 is 1.69. The highest BCUT2D eigenvalue weighted by Gasteiger charge is 2.26. The molecule has 4 aromatic rings. The lowest BCUT2D eigenvalue weighted by Gasteiger charge is -2.35. The Balaban J connectivity index is 1.20. The number of fused-ring (bicyclic) bond motifs is 1. The fourth-order valence-electron chi connectivity index (χ4n) is 4.19. The number of benzene rings is 1. The first-order chi connectivity index (χ1) is 15.2. The third-order valence-electron chi connectivity index (χ3n) is 5.89. The van der Waals surface area contributed by atoms with E-state index in [9.17, 15) is 9.59 Å². The smallest absolute Gasteiger partial charge is 0.270 e. The first-order valence-corrected chi connectivity index (χ1v) is 11.4. The second-order valence-corrected chi connectivity index (χ2v) is 8.84. The van der Waals surface area contributed by atoms with Crippen molar-refractivity contribution in [1.82, 2.24) is 19.4 Å². The van der Waals surface area contributed by atoms with E-state index >= 15 is 0 Å². The summed E-state index contributed by atoms with van der Waals surface area (Å²) in [5.41, 5.74) is 2.77. The normalized spacial score (nSPS) is 14.3. The molecule has 158 valence electrons. The van der Waals surface area contributed by atoms with Gasteiger partial charge in [-0.2, -0.15) is 0 Å². The molecule has 1 fully saturated rings. The van der Waals surface area contributed by atoms with E-state index in [4.69, 9.17) is 0 Å². The number of carbonyl (C=O) groups is 2. The highest BCUT2D eigenvalue weighted by Crippen LogP contribution is 2.20. The van der Waals surface area contributed by atoms with Crippen molar-refractivity contribution in [2.24, 2.45) is 0 Å². The quantitative estimate of drug-likeness (QED) is 0.524. The summed E-state index contributed by atoms with van der Waals surface area (Å²) in [6, 6.07) is 15.9. The Morgan fingerprint density at radius 2 is 1.74 bits per heavy atom. The largest absolute Gasteiger partial charge is 0.361 e. The zero-order chi connectivity index (χ0) is 21.2. The van der Waals surface area contributed by atoms with E-state index in [0.717, 1.165) is 16.5 Å². The minimum absolute atomic E-state index is 0.0327. The van der Waals surface area contributed by atoms with Crippen LogP contribution in [0, 0.1) is 0 Å². The molecule has 31 heavy (non-hydrogen) atoms. The Morgan fingerprint density at radius 3 is 2.55 bits per heavy atom. The SMILES string of the molecule is O=C(Cc1c[nH]c2ccccc12)N1CCN(C(=O)c2cccn2Cc2cccs2)CC1. The van der Waals surface area contributed by atoms with Gasteiger partial charge in [0.25, 0.3) is 5.91 Å². The predicted octanol–water partition coefficient (Wildman–Crippen LogP) is 3.61. The third kappa shape index (κ3) is 4.01. The molecule has 1 aliphatic heterocycles. The Kier molecular flexibility index (Phi) is 5.34. The molecule has 3 aromatic heterocycles. The zero-order valence-electron chi connectivity index (χ0n) is 17.2. The van der Waals surface area contributed by atoms with Crippen LogP contribution in [0.2, 0.25) is 0 Å². The van der Waals surface area contributed by atoms with Gasteiger partial charge >= 0.3 is 0 Å². The van der Waals surface area contributed by atoms with Gasteiger partial charge in [-0.1, -0.05) is 24.3 Å². The molecule has 1 N–H and O–H groups in total. The summed E-state index contributed by atoms with van der Waals surface area (Å²) in [6.07, 6.45) is 4.25. The first-order valence-electron chi connectivity index (χ1n) is 10.5.